The molecule has 0 saturated carbocycles. The molecule has 9 heavy (non-hydrogen) atoms. The van der Waals surface area contributed by atoms with Crippen molar-refractivity contribution in [1.29, 1.82) is 0 Å². The molecule has 1 aliphatic heterocycles. The van der Waals surface area contributed by atoms with Gasteiger partial charge in [0.1, 0.15) is 11.5 Å². The van der Waals surface area contributed by atoms with Gasteiger partial charge in [-0.15, -0.1) is 0 Å². The van der Waals surface area contributed by atoms with Gasteiger partial charge in [-0.2, -0.15) is 0 Å². The van der Waals surface area contributed by atoms with Gasteiger partial charge in [0.05, 0.1) is 15.2 Å². The molecule has 0 aromatic rings. The lowest BCUT2D eigenvalue weighted by atomic mass is 10.4. The van der Waals surface area contributed by atoms with Gasteiger partial charge in [0.25, 0.3) is 0 Å². The summed E-state index contributed by atoms with van der Waals surface area (Å²) in [5.41, 5.74) is 0. The van der Waals surface area contributed by atoms with E-state index in [9.17, 15) is 0 Å². The Bertz CT molecular complexity index is 74.4. The highest BCUT2D eigenvalue weighted by atomic mass is 33.5. The van der Waals surface area contributed by atoms with Crippen LogP contribution in [0.3, 0.4) is 0 Å². The van der Waals surface area contributed by atoms with Crippen molar-refractivity contribution in [2.24, 2.45) is 0 Å². The molecule has 1 saturated heterocycles. The van der Waals surface area contributed by atoms with E-state index in [4.69, 9.17) is 0 Å². The van der Waals surface area contributed by atoms with Crippen LogP contribution in [0.5, 0.6) is 0 Å². The van der Waals surface area contributed by atoms with Crippen LogP contribution in [0.25, 0.3) is 0 Å². The molecule has 1 aliphatic rings. The van der Waals surface area contributed by atoms with Gasteiger partial charge >= 0.3 is 0 Å². The number of hydrogen-bond acceptors (Lipinski definition) is 2. The minimum absolute atomic E-state index is 0.715. The third-order valence-corrected chi connectivity index (χ3v) is 9.28. The second kappa shape index (κ2) is 4.04. The summed E-state index contributed by atoms with van der Waals surface area (Å²) >= 11 is 0. The third kappa shape index (κ3) is 2.28. The summed E-state index contributed by atoms with van der Waals surface area (Å²) in [4.78, 5) is 0. The summed E-state index contributed by atoms with van der Waals surface area (Å²) < 4.78 is 0. The first-order chi connectivity index (χ1) is 4.36. The topological polar surface area (TPSA) is 0 Å². The summed E-state index contributed by atoms with van der Waals surface area (Å²) in [6.07, 6.45) is 1.36. The van der Waals surface area contributed by atoms with Crippen LogP contribution in [-0.4, -0.2) is 16.8 Å². The van der Waals surface area contributed by atoms with E-state index in [1.807, 2.05) is 0 Å². The first-order valence-electron chi connectivity index (χ1n) is 3.38. The molecule has 0 bridgehead atoms. The van der Waals surface area contributed by atoms with Crippen molar-refractivity contribution in [2.45, 2.75) is 25.5 Å². The van der Waals surface area contributed by atoms with E-state index >= 15 is 0 Å². The monoisotopic (exact) mass is 181 g/mol. The number of hydrogen-bond donors (Lipinski definition) is 0. The largest absolute Gasteiger partial charge is 0.163 e. The molecule has 2 unspecified atom stereocenters. The Labute approximate surface area is 67.7 Å². The van der Waals surface area contributed by atoms with Gasteiger partial charge in [0.15, 0.2) is 9.83 Å². The Morgan fingerprint density at radius 3 is 2.67 bits per heavy atom. The van der Waals surface area contributed by atoms with Gasteiger partial charge < -0.3 is 0 Å². The van der Waals surface area contributed by atoms with E-state index in [1.165, 1.54) is 17.9 Å². The van der Waals surface area contributed by atoms with Crippen molar-refractivity contribution < 1.29 is 0 Å². The summed E-state index contributed by atoms with van der Waals surface area (Å²) in [5.74, 6) is 2.86. The predicted molar refractivity (Wildman–Crippen MR) is 52.0 cm³/mol. The molecule has 0 aromatic carbocycles. The van der Waals surface area contributed by atoms with Crippen LogP contribution in [0, 0.1) is 0 Å². The maximum Gasteiger partial charge on any atom is 0.163 e. The molecule has 0 radical (unpaired) electrons. The molecule has 1 heterocycles. The molecule has 3 heteroatoms. The summed E-state index contributed by atoms with van der Waals surface area (Å²) in [5, 5.41) is 0.971. The van der Waals surface area contributed by atoms with Gasteiger partial charge in [0.2, 0.25) is 0 Å². The summed E-state index contributed by atoms with van der Waals surface area (Å²) in [7, 11) is 4.94. The Kier molecular flexibility index (Phi) is 3.66. The van der Waals surface area contributed by atoms with E-state index in [1.54, 1.807) is 0 Å². The van der Waals surface area contributed by atoms with Crippen LogP contribution in [0.15, 0.2) is 0 Å². The maximum atomic E-state index is 2.30. The molecular formula is C6H13S3+. The van der Waals surface area contributed by atoms with Gasteiger partial charge in [-0.1, -0.05) is 6.92 Å². The molecule has 0 aromatic heterocycles. The Morgan fingerprint density at radius 2 is 2.33 bits per heavy atom. The van der Waals surface area contributed by atoms with Gasteiger partial charge in [0, 0.05) is 0 Å². The fourth-order valence-corrected chi connectivity index (χ4v) is 8.98. The second-order valence-corrected chi connectivity index (χ2v) is 8.50. The van der Waals surface area contributed by atoms with Crippen LogP contribution in [0.4, 0.5) is 0 Å². The molecular weight excluding hydrogens is 168 g/mol. The highest BCUT2D eigenvalue weighted by Gasteiger charge is 2.33. The van der Waals surface area contributed by atoms with Crippen LogP contribution in [0.2, 0.25) is 0 Å². The SMILES string of the molecule is CCC1C[S+](CC)SS1. The quantitative estimate of drug-likeness (QED) is 0.474. The summed E-state index contributed by atoms with van der Waals surface area (Å²) in [6, 6.07) is 0. The lowest BCUT2D eigenvalue weighted by molar-refractivity contribution is 0.923. The molecule has 0 spiro atoms. The van der Waals surface area contributed by atoms with Gasteiger partial charge in [-0.3, -0.25) is 0 Å². The van der Waals surface area contributed by atoms with Crippen molar-refractivity contribution in [2.75, 3.05) is 11.5 Å². The van der Waals surface area contributed by atoms with Crippen LogP contribution < -0.4 is 0 Å². The average Bonchev–Trinajstić information content (AvgIpc) is 2.34. The zero-order chi connectivity index (χ0) is 6.69. The highest BCUT2D eigenvalue weighted by Crippen LogP contribution is 2.44. The minimum Gasteiger partial charge on any atom is -0.0641 e. The zero-order valence-electron chi connectivity index (χ0n) is 5.92. The third-order valence-electron chi connectivity index (χ3n) is 1.42. The fourth-order valence-electron chi connectivity index (χ4n) is 0.726. The zero-order valence-corrected chi connectivity index (χ0v) is 8.37. The molecule has 2 atom stereocenters. The minimum atomic E-state index is 0.715. The van der Waals surface area contributed by atoms with Gasteiger partial charge in [-0.05, 0) is 24.1 Å². The average molecular weight is 181 g/mol. The molecule has 0 amide bonds. The predicted octanol–water partition coefficient (Wildman–Crippen LogP) is 2.71. The van der Waals surface area contributed by atoms with Crippen LogP contribution >= 0.6 is 20.6 Å². The van der Waals surface area contributed by atoms with E-state index in [-0.39, 0.29) is 0 Å². The number of rotatable bonds is 2. The Hall–Kier alpha value is 1.05. The maximum absolute atomic E-state index is 2.30. The van der Waals surface area contributed by atoms with Crippen molar-refractivity contribution in [3.05, 3.63) is 0 Å². The second-order valence-electron chi connectivity index (χ2n) is 2.09. The molecule has 0 N–H and O–H groups in total. The molecule has 0 aliphatic carbocycles. The van der Waals surface area contributed by atoms with Crippen molar-refractivity contribution >= 4 is 30.5 Å². The first-order valence-corrected chi connectivity index (χ1v) is 7.67. The smallest absolute Gasteiger partial charge is 0.0641 e. The lowest BCUT2D eigenvalue weighted by Gasteiger charge is -1.94. The van der Waals surface area contributed by atoms with Crippen LogP contribution in [-0.2, 0) is 9.93 Å². The standard InChI is InChI=1S/C6H13S3/c1-3-6-5-9(4-2)8-7-6/h6H,3-5H2,1-2H3/q+1. The molecule has 0 nitrogen and oxygen atoms in total. The molecule has 1 rings (SSSR count). The summed E-state index contributed by atoms with van der Waals surface area (Å²) in [6.45, 7) is 4.59. The Balaban J connectivity index is 2.20. The van der Waals surface area contributed by atoms with Crippen molar-refractivity contribution in [3.8, 4) is 0 Å². The molecule has 1 fully saturated rings. The first kappa shape index (κ1) is 8.15. The van der Waals surface area contributed by atoms with E-state index < -0.39 is 0 Å². The van der Waals surface area contributed by atoms with E-state index in [0.29, 0.717) is 9.93 Å². The highest BCUT2D eigenvalue weighted by molar-refractivity contribution is 9.09. The van der Waals surface area contributed by atoms with Crippen molar-refractivity contribution in [1.82, 2.24) is 0 Å². The van der Waals surface area contributed by atoms with Crippen molar-refractivity contribution in [3.63, 3.8) is 0 Å². The Morgan fingerprint density at radius 1 is 1.56 bits per heavy atom. The van der Waals surface area contributed by atoms with Crippen LogP contribution in [0.1, 0.15) is 20.3 Å². The molecule has 54 valence electrons. The van der Waals surface area contributed by atoms with E-state index in [0.717, 1.165) is 5.25 Å². The lowest BCUT2D eigenvalue weighted by Crippen LogP contribution is -2.07. The van der Waals surface area contributed by atoms with E-state index in [2.05, 4.69) is 34.5 Å². The fraction of sp³-hybridized carbons (Fsp3) is 1.00. The van der Waals surface area contributed by atoms with Gasteiger partial charge in [-0.25, -0.2) is 0 Å². The normalized spacial score (nSPS) is 35.3.